The van der Waals surface area contributed by atoms with Gasteiger partial charge in [-0.05, 0) is 138 Å². The van der Waals surface area contributed by atoms with Gasteiger partial charge in [0, 0.05) is 28.7 Å². The van der Waals surface area contributed by atoms with Crippen LogP contribution in [-0.4, -0.2) is 64.7 Å². The number of rotatable bonds is 8. The van der Waals surface area contributed by atoms with E-state index in [1.54, 1.807) is 26.1 Å². The van der Waals surface area contributed by atoms with Crippen molar-refractivity contribution in [1.29, 1.82) is 0 Å². The van der Waals surface area contributed by atoms with E-state index in [1.165, 1.54) is 14.2 Å². The zero-order valence-electron chi connectivity index (χ0n) is 39.7. The first-order valence-electron chi connectivity index (χ1n) is 21.6. The number of nitrogens with zero attached hydrogens (tertiary/aromatic N) is 2. The molecule has 0 saturated carbocycles. The van der Waals surface area contributed by atoms with Crippen molar-refractivity contribution in [1.82, 2.24) is 9.97 Å². The summed E-state index contributed by atoms with van der Waals surface area (Å²) >= 11 is 5.78. The number of fused-ring (bicyclic) bond motifs is 2. The Bertz CT molecular complexity index is 2540. The minimum Gasteiger partial charge on any atom is -0.468 e. The van der Waals surface area contributed by atoms with Crippen molar-refractivity contribution in [2.75, 3.05) is 14.2 Å². The molecule has 1 fully saturated rings. The van der Waals surface area contributed by atoms with Crippen LogP contribution in [0.4, 0.5) is 0 Å². The Balaban J connectivity index is 0.000000214. The molecular formula is C52H64BClN2O8. The Hall–Kier alpha value is -5.17. The topological polar surface area (TPSA) is 137 Å². The Labute approximate surface area is 384 Å². The van der Waals surface area contributed by atoms with Crippen molar-refractivity contribution in [3.05, 3.63) is 137 Å². The summed E-state index contributed by atoms with van der Waals surface area (Å²) in [7, 11) is 2.37. The molecule has 1 aliphatic heterocycles. The lowest BCUT2D eigenvalue weighted by atomic mass is 9.75. The molecule has 0 spiro atoms. The van der Waals surface area contributed by atoms with Crippen molar-refractivity contribution in [2.45, 2.75) is 117 Å². The summed E-state index contributed by atoms with van der Waals surface area (Å²) < 4.78 is 22.0. The van der Waals surface area contributed by atoms with Gasteiger partial charge in [-0.2, -0.15) is 0 Å². The maximum atomic E-state index is 12.1. The van der Waals surface area contributed by atoms with Crippen LogP contribution in [0.15, 0.2) is 109 Å². The number of hydrogen-bond donors (Lipinski definition) is 2. The predicted molar refractivity (Wildman–Crippen MR) is 259 cm³/mol. The lowest BCUT2D eigenvalue weighted by molar-refractivity contribution is -0.147. The molecule has 10 nitrogen and oxygen atoms in total. The minimum absolute atomic E-state index is 0.265. The third kappa shape index (κ3) is 11.9. The van der Waals surface area contributed by atoms with Gasteiger partial charge in [-0.25, -0.2) is 4.98 Å². The molecule has 1 aliphatic rings. The monoisotopic (exact) mass is 890 g/mol. The molecule has 0 aliphatic carbocycles. The molecule has 3 heterocycles. The Kier molecular flexibility index (Phi) is 17.1. The van der Waals surface area contributed by atoms with Gasteiger partial charge < -0.3 is 29.0 Å². The summed E-state index contributed by atoms with van der Waals surface area (Å²) in [6.07, 6.45) is 2.59. The molecule has 340 valence electrons. The molecular weight excluding hydrogens is 827 g/mol. The second-order valence-electron chi connectivity index (χ2n) is 17.7. The fraction of sp³-hybridized carbons (Fsp3) is 0.385. The fourth-order valence-corrected chi connectivity index (χ4v) is 7.00. The zero-order valence-corrected chi connectivity index (χ0v) is 40.5. The second kappa shape index (κ2) is 21.2. The van der Waals surface area contributed by atoms with E-state index in [0.29, 0.717) is 5.15 Å². The van der Waals surface area contributed by atoms with Gasteiger partial charge in [0.2, 0.25) is 0 Å². The van der Waals surface area contributed by atoms with Crippen LogP contribution in [0.5, 0.6) is 0 Å². The molecule has 2 aromatic heterocycles. The highest BCUT2D eigenvalue weighted by Crippen LogP contribution is 2.37. The van der Waals surface area contributed by atoms with Crippen molar-refractivity contribution in [3.8, 4) is 11.3 Å². The van der Waals surface area contributed by atoms with Gasteiger partial charge >= 0.3 is 19.1 Å². The quantitative estimate of drug-likeness (QED) is 0.0863. The summed E-state index contributed by atoms with van der Waals surface area (Å²) in [5, 5.41) is 23.8. The van der Waals surface area contributed by atoms with E-state index in [-0.39, 0.29) is 23.1 Å². The molecule has 0 amide bonds. The molecule has 0 radical (unpaired) electrons. The van der Waals surface area contributed by atoms with E-state index in [9.17, 15) is 19.8 Å². The second-order valence-corrected chi connectivity index (χ2v) is 18.1. The highest BCUT2D eigenvalue weighted by Gasteiger charge is 2.52. The van der Waals surface area contributed by atoms with Gasteiger partial charge in [0.15, 0.2) is 0 Å². The average molecular weight is 891 g/mol. The first kappa shape index (κ1) is 51.5. The van der Waals surface area contributed by atoms with Crippen LogP contribution in [0, 0.1) is 0 Å². The first-order chi connectivity index (χ1) is 30.0. The number of halogens is 1. The van der Waals surface area contributed by atoms with E-state index in [1.807, 2.05) is 166 Å². The van der Waals surface area contributed by atoms with Gasteiger partial charge in [-0.3, -0.25) is 14.6 Å². The average Bonchev–Trinajstić information content (AvgIpc) is 3.51. The summed E-state index contributed by atoms with van der Waals surface area (Å²) in [6, 6.07) is 31.0. The molecule has 2 atom stereocenters. The lowest BCUT2D eigenvalue weighted by Crippen LogP contribution is -2.41. The predicted octanol–water partition coefficient (Wildman–Crippen LogP) is 10.8. The van der Waals surface area contributed by atoms with E-state index >= 15 is 0 Å². The van der Waals surface area contributed by atoms with Crippen LogP contribution in [0.25, 0.3) is 32.8 Å². The van der Waals surface area contributed by atoms with E-state index < -0.39 is 30.2 Å². The van der Waals surface area contributed by atoms with E-state index in [2.05, 4.69) is 9.97 Å². The van der Waals surface area contributed by atoms with Gasteiger partial charge in [0.1, 0.15) is 5.15 Å². The third-order valence-electron chi connectivity index (χ3n) is 11.8. The fourth-order valence-electron chi connectivity index (χ4n) is 6.84. The van der Waals surface area contributed by atoms with Crippen molar-refractivity contribution < 1.29 is 38.6 Å². The number of esters is 2. The smallest absolute Gasteiger partial charge is 0.468 e. The molecule has 6 aromatic rings. The number of carbonyl (C=O) groups is 2. The maximum absolute atomic E-state index is 12.1. The number of aliphatic hydroxyl groups excluding tert-OH is 2. The van der Waals surface area contributed by atoms with Crippen LogP contribution in [0.2, 0.25) is 5.15 Å². The summed E-state index contributed by atoms with van der Waals surface area (Å²) in [5.41, 5.74) is 3.97. The third-order valence-corrected chi connectivity index (χ3v) is 12.0. The Morgan fingerprint density at radius 3 is 1.58 bits per heavy atom. The SMILES string of the molecule is CC.COC(=O)C(C)(C)c1cccc(-c2cc3cc([C@@H](C)O)ccc3cn2)c1.COC(=O)C(C)(C)c1cccc(B2OC(C)(C)C(C)(C)O2)c1.C[C@@H](O)c1ccc2cnc(Cl)cc2c1. The number of methoxy groups -OCH3 is 2. The highest BCUT2D eigenvalue weighted by atomic mass is 35.5. The minimum atomic E-state index is -0.735. The molecule has 64 heavy (non-hydrogen) atoms. The van der Waals surface area contributed by atoms with E-state index in [0.717, 1.165) is 60.5 Å². The molecule has 0 bridgehead atoms. The molecule has 2 N–H and O–H groups in total. The van der Waals surface area contributed by atoms with Gasteiger partial charge in [-0.1, -0.05) is 92.2 Å². The van der Waals surface area contributed by atoms with Crippen molar-refractivity contribution >= 4 is 57.7 Å². The summed E-state index contributed by atoms with van der Waals surface area (Å²) in [4.78, 5) is 32.6. The van der Waals surface area contributed by atoms with Crippen LogP contribution in [0.3, 0.4) is 0 Å². The van der Waals surface area contributed by atoms with Gasteiger partial charge in [-0.15, -0.1) is 0 Å². The van der Waals surface area contributed by atoms with Crippen molar-refractivity contribution in [3.63, 3.8) is 0 Å². The van der Waals surface area contributed by atoms with E-state index in [4.69, 9.17) is 30.4 Å². The number of ether oxygens (including phenoxy) is 2. The number of aromatic nitrogens is 2. The van der Waals surface area contributed by atoms with Crippen molar-refractivity contribution in [2.24, 2.45) is 0 Å². The normalized spacial score (nSPS) is 15.0. The lowest BCUT2D eigenvalue weighted by Gasteiger charge is -2.32. The first-order valence-corrected chi connectivity index (χ1v) is 21.9. The number of aliphatic hydroxyl groups is 2. The molecule has 4 aromatic carbocycles. The molecule has 12 heteroatoms. The van der Waals surface area contributed by atoms with Gasteiger partial charge in [0.05, 0.1) is 54.2 Å². The standard InChI is InChI=1S/C22H23NO3.C17H25BO4.C11H10ClNO.C2H6/c1-14(24)15-8-9-17-13-23-20(12-18(17)10-15)16-6-5-7-19(11-16)22(2,3)21(25)26-4;1-15(2,14(19)20-7)12-9-8-10-13(11-12)18-21-16(3,4)17(5,6)22-18;1-7(14)8-2-3-9-6-13-11(12)5-10(9)4-8;1-2/h5-14,24H,1-4H3;8-11H,1-7H3;2-7,14H,1H3;1-2H3/t14-;;7-;/m1.1./s1. The number of benzene rings is 4. The molecule has 1 saturated heterocycles. The Morgan fingerprint density at radius 1 is 0.641 bits per heavy atom. The summed E-state index contributed by atoms with van der Waals surface area (Å²) in [6.45, 7) is 23.0. The summed E-state index contributed by atoms with van der Waals surface area (Å²) in [5.74, 6) is -0.540. The molecule has 7 rings (SSSR count). The zero-order chi connectivity index (χ0) is 47.8. The number of hydrogen-bond acceptors (Lipinski definition) is 10. The van der Waals surface area contributed by atoms with Crippen LogP contribution < -0.4 is 5.46 Å². The van der Waals surface area contributed by atoms with Crippen LogP contribution in [0.1, 0.15) is 118 Å². The van der Waals surface area contributed by atoms with Gasteiger partial charge in [0.25, 0.3) is 0 Å². The van der Waals surface area contributed by atoms with Crippen LogP contribution in [-0.2, 0) is 39.2 Å². The Morgan fingerprint density at radius 2 is 1.09 bits per heavy atom. The number of carbonyl (C=O) groups excluding carboxylic acids is 2. The number of pyridine rings is 2. The maximum Gasteiger partial charge on any atom is 0.494 e. The highest BCUT2D eigenvalue weighted by molar-refractivity contribution is 6.62. The molecule has 0 unspecified atom stereocenters. The largest absolute Gasteiger partial charge is 0.494 e. The van der Waals surface area contributed by atoms with Crippen LogP contribution >= 0.6 is 11.6 Å².